The molecule has 7 heteroatoms. The average Bonchev–Trinajstić information content (AvgIpc) is 3.53. The third-order valence-electron chi connectivity index (χ3n) is 5.90. The summed E-state index contributed by atoms with van der Waals surface area (Å²) in [5.74, 6) is 0.888. The maximum Gasteiger partial charge on any atom is 0.265 e. The van der Waals surface area contributed by atoms with E-state index in [9.17, 15) is 9.59 Å². The van der Waals surface area contributed by atoms with Gasteiger partial charge in [0, 0.05) is 41.5 Å². The first-order chi connectivity index (χ1) is 16.1. The van der Waals surface area contributed by atoms with Gasteiger partial charge in [0.25, 0.3) is 5.91 Å². The van der Waals surface area contributed by atoms with Gasteiger partial charge in [0.05, 0.1) is 24.8 Å². The van der Waals surface area contributed by atoms with Crippen LogP contribution in [0.2, 0.25) is 0 Å². The highest BCUT2D eigenvalue weighted by Gasteiger charge is 2.29. The second-order valence-corrected chi connectivity index (χ2v) is 8.71. The van der Waals surface area contributed by atoms with Gasteiger partial charge in [0.1, 0.15) is 0 Å². The number of carbonyl (C=O) groups excluding carboxylic acids is 2. The number of nitrogens with zero attached hydrogens (tertiary/aromatic N) is 1. The number of nitrogens with one attached hydrogen (secondary N) is 1. The molecular weight excluding hydrogens is 436 g/mol. The lowest BCUT2D eigenvalue weighted by Gasteiger charge is -2.17. The zero-order valence-corrected chi connectivity index (χ0v) is 19.0. The molecule has 166 valence electrons. The molecule has 0 radical (unpaired) electrons. The highest BCUT2D eigenvalue weighted by Crippen LogP contribution is 2.40. The van der Waals surface area contributed by atoms with E-state index in [1.165, 1.54) is 11.3 Å². The van der Waals surface area contributed by atoms with E-state index in [1.807, 2.05) is 64.7 Å². The van der Waals surface area contributed by atoms with Crippen LogP contribution in [0.5, 0.6) is 11.5 Å². The summed E-state index contributed by atoms with van der Waals surface area (Å²) in [5.41, 5.74) is 4.12. The number of methoxy groups -OCH3 is 2. The topological polar surface area (TPSA) is 69.6 Å². The van der Waals surface area contributed by atoms with Crippen molar-refractivity contribution in [2.24, 2.45) is 0 Å². The fourth-order valence-electron chi connectivity index (χ4n) is 4.28. The Bertz CT molecular complexity index is 1320. The number of rotatable bonds is 5. The van der Waals surface area contributed by atoms with E-state index in [0.717, 1.165) is 16.9 Å². The number of hydrogen-bond acceptors (Lipinski definition) is 5. The summed E-state index contributed by atoms with van der Waals surface area (Å²) in [6, 6.07) is 19.0. The molecule has 1 aliphatic rings. The standard InChI is InChI=1S/C26H22N2O4S/c1-31-23-14-19-21(15-24(23)32-2)28-11-3-5-20(28)18(13-22(19)29)16-7-9-17(10-8-16)27-26(30)25-6-4-12-33-25/h3-12,14-15,18H,13H2,1-2H3,(H,27,30)/t18-/m1/s1. The van der Waals surface area contributed by atoms with Crippen LogP contribution in [-0.4, -0.2) is 30.5 Å². The van der Waals surface area contributed by atoms with Gasteiger partial charge >= 0.3 is 0 Å². The number of amides is 1. The van der Waals surface area contributed by atoms with Crippen LogP contribution in [0.25, 0.3) is 5.69 Å². The summed E-state index contributed by atoms with van der Waals surface area (Å²) >= 11 is 1.40. The molecule has 4 aromatic rings. The Morgan fingerprint density at radius 2 is 1.79 bits per heavy atom. The van der Waals surface area contributed by atoms with E-state index in [-0.39, 0.29) is 17.6 Å². The SMILES string of the molecule is COc1cc2c(cc1OC)-n1cccc1[C@@H](c1ccc(NC(=O)c3cccs3)cc1)CC2=O. The van der Waals surface area contributed by atoms with Crippen LogP contribution in [0.15, 0.2) is 72.2 Å². The fraction of sp³-hybridized carbons (Fsp3) is 0.154. The number of ketones is 1. The molecule has 1 N–H and O–H groups in total. The summed E-state index contributed by atoms with van der Waals surface area (Å²) in [6.07, 6.45) is 2.29. The van der Waals surface area contributed by atoms with Crippen LogP contribution >= 0.6 is 11.3 Å². The monoisotopic (exact) mass is 458 g/mol. The summed E-state index contributed by atoms with van der Waals surface area (Å²) in [5, 5.41) is 4.80. The minimum atomic E-state index is -0.130. The molecule has 0 spiro atoms. The van der Waals surface area contributed by atoms with E-state index in [1.54, 1.807) is 26.4 Å². The lowest BCUT2D eigenvalue weighted by Crippen LogP contribution is -2.11. The van der Waals surface area contributed by atoms with E-state index in [0.29, 0.717) is 34.0 Å². The first-order valence-electron chi connectivity index (χ1n) is 10.5. The molecule has 0 saturated heterocycles. The van der Waals surface area contributed by atoms with Crippen LogP contribution in [0.1, 0.15) is 43.6 Å². The quantitative estimate of drug-likeness (QED) is 0.427. The van der Waals surface area contributed by atoms with Crippen LogP contribution in [0.4, 0.5) is 5.69 Å². The molecule has 3 heterocycles. The smallest absolute Gasteiger partial charge is 0.265 e. The van der Waals surface area contributed by atoms with Crippen molar-refractivity contribution in [2.45, 2.75) is 12.3 Å². The van der Waals surface area contributed by atoms with Crippen molar-refractivity contribution in [1.82, 2.24) is 4.57 Å². The molecule has 2 aromatic heterocycles. The van der Waals surface area contributed by atoms with E-state index < -0.39 is 0 Å². The van der Waals surface area contributed by atoms with E-state index in [4.69, 9.17) is 9.47 Å². The predicted molar refractivity (Wildman–Crippen MR) is 128 cm³/mol. The van der Waals surface area contributed by atoms with Gasteiger partial charge in [-0.2, -0.15) is 0 Å². The molecule has 6 nitrogen and oxygen atoms in total. The lowest BCUT2D eigenvalue weighted by molar-refractivity contribution is 0.0978. The van der Waals surface area contributed by atoms with Gasteiger partial charge in [-0.05, 0) is 47.3 Å². The molecule has 0 fully saturated rings. The lowest BCUT2D eigenvalue weighted by atomic mass is 9.90. The number of aromatic nitrogens is 1. The summed E-state index contributed by atoms with van der Waals surface area (Å²) < 4.78 is 12.9. The molecular formula is C26H22N2O4S. The van der Waals surface area contributed by atoms with Crippen LogP contribution in [0.3, 0.4) is 0 Å². The Hall–Kier alpha value is -3.84. The summed E-state index contributed by atoms with van der Waals surface area (Å²) in [4.78, 5) is 26.3. The van der Waals surface area contributed by atoms with Gasteiger partial charge in [-0.25, -0.2) is 0 Å². The molecule has 0 aliphatic carbocycles. The molecule has 1 aliphatic heterocycles. The number of hydrogen-bond donors (Lipinski definition) is 1. The molecule has 0 bridgehead atoms. The predicted octanol–water partition coefficient (Wildman–Crippen LogP) is 5.53. The Kier molecular flexibility index (Phi) is 5.48. The van der Waals surface area contributed by atoms with Crippen LogP contribution in [0, 0.1) is 0 Å². The Morgan fingerprint density at radius 3 is 2.48 bits per heavy atom. The van der Waals surface area contributed by atoms with Gasteiger partial charge in [-0.3, -0.25) is 9.59 Å². The molecule has 0 unspecified atom stereocenters. The van der Waals surface area contributed by atoms with Crippen LogP contribution < -0.4 is 14.8 Å². The Morgan fingerprint density at radius 1 is 1.03 bits per heavy atom. The van der Waals surface area contributed by atoms with Gasteiger partial charge < -0.3 is 19.4 Å². The summed E-state index contributed by atoms with van der Waals surface area (Å²) in [7, 11) is 3.15. The normalized spacial score (nSPS) is 14.7. The molecule has 5 rings (SSSR count). The highest BCUT2D eigenvalue weighted by molar-refractivity contribution is 7.12. The van der Waals surface area contributed by atoms with Crippen molar-refractivity contribution < 1.29 is 19.1 Å². The first kappa shape index (κ1) is 21.0. The van der Waals surface area contributed by atoms with Gasteiger partial charge in [0.15, 0.2) is 17.3 Å². The molecule has 2 aromatic carbocycles. The molecule has 1 atom stereocenters. The second-order valence-electron chi connectivity index (χ2n) is 7.76. The van der Waals surface area contributed by atoms with Gasteiger partial charge in [-0.1, -0.05) is 18.2 Å². The number of anilines is 1. The third kappa shape index (κ3) is 3.81. The maximum absolute atomic E-state index is 13.3. The van der Waals surface area contributed by atoms with Gasteiger partial charge in [-0.15, -0.1) is 11.3 Å². The molecule has 1 amide bonds. The number of benzene rings is 2. The largest absolute Gasteiger partial charge is 0.493 e. The van der Waals surface area contributed by atoms with E-state index in [2.05, 4.69) is 5.32 Å². The van der Waals surface area contributed by atoms with Crippen molar-refractivity contribution in [3.8, 4) is 17.2 Å². The average molecular weight is 459 g/mol. The highest BCUT2D eigenvalue weighted by atomic mass is 32.1. The fourth-order valence-corrected chi connectivity index (χ4v) is 4.90. The minimum absolute atomic E-state index is 0.0368. The number of ether oxygens (including phenoxy) is 2. The maximum atomic E-state index is 13.3. The molecule has 33 heavy (non-hydrogen) atoms. The minimum Gasteiger partial charge on any atom is -0.493 e. The number of carbonyl (C=O) groups is 2. The summed E-state index contributed by atoms with van der Waals surface area (Å²) in [6.45, 7) is 0. The second kappa shape index (κ2) is 8.60. The van der Waals surface area contributed by atoms with Crippen molar-refractivity contribution in [1.29, 1.82) is 0 Å². The zero-order chi connectivity index (χ0) is 22.9. The van der Waals surface area contributed by atoms with Crippen molar-refractivity contribution in [2.75, 3.05) is 19.5 Å². The number of Topliss-reactive ketones (excluding diaryl/α,β-unsaturated/α-hetero) is 1. The zero-order valence-electron chi connectivity index (χ0n) is 18.2. The molecule has 0 saturated carbocycles. The number of thiophene rings is 1. The van der Waals surface area contributed by atoms with Crippen molar-refractivity contribution >= 4 is 28.7 Å². The third-order valence-corrected chi connectivity index (χ3v) is 6.77. The van der Waals surface area contributed by atoms with Crippen LogP contribution in [-0.2, 0) is 0 Å². The van der Waals surface area contributed by atoms with Gasteiger partial charge in [0.2, 0.25) is 0 Å². The first-order valence-corrected chi connectivity index (χ1v) is 11.4. The van der Waals surface area contributed by atoms with Crippen molar-refractivity contribution in [3.05, 3.63) is 93.9 Å². The van der Waals surface area contributed by atoms with Crippen molar-refractivity contribution in [3.63, 3.8) is 0 Å². The Labute approximate surface area is 195 Å². The number of fused-ring (bicyclic) bond motifs is 3. The van der Waals surface area contributed by atoms with E-state index >= 15 is 0 Å². The Balaban J connectivity index is 1.48.